The third-order valence-electron chi connectivity index (χ3n) is 1.89. The first kappa shape index (κ1) is 9.76. The molecule has 1 saturated carbocycles. The van der Waals surface area contributed by atoms with E-state index in [9.17, 15) is 4.79 Å². The lowest BCUT2D eigenvalue weighted by molar-refractivity contribution is -0.145. The van der Waals surface area contributed by atoms with Crippen molar-refractivity contribution in [2.75, 3.05) is 7.11 Å². The van der Waals surface area contributed by atoms with E-state index in [2.05, 4.69) is 4.74 Å². The number of carbonyl (C=O) groups excluding carboxylic acids is 1. The largest absolute Gasteiger partial charge is 0.469 e. The van der Waals surface area contributed by atoms with E-state index >= 15 is 0 Å². The molecule has 0 aromatic heterocycles. The summed E-state index contributed by atoms with van der Waals surface area (Å²) in [5.74, 6) is 0.197. The van der Waals surface area contributed by atoms with Crippen molar-refractivity contribution in [1.82, 2.24) is 0 Å². The Balaban J connectivity index is 0.000000810. The standard InChI is InChI=1S/C7H12O2.ClH/c1-9-7(8)6-4-2-3-5-6;/h6H,2-5H2,1H3;1H. The van der Waals surface area contributed by atoms with E-state index in [1.807, 2.05) is 0 Å². The van der Waals surface area contributed by atoms with Crippen LogP contribution in [0.25, 0.3) is 0 Å². The van der Waals surface area contributed by atoms with E-state index in [0.717, 1.165) is 12.8 Å². The molecule has 0 amide bonds. The summed E-state index contributed by atoms with van der Waals surface area (Å²) >= 11 is 0. The van der Waals surface area contributed by atoms with Crippen molar-refractivity contribution in [3.63, 3.8) is 0 Å². The Hall–Kier alpha value is -0.240. The highest BCUT2D eigenvalue weighted by Crippen LogP contribution is 2.25. The fourth-order valence-corrected chi connectivity index (χ4v) is 1.33. The molecule has 0 aromatic rings. The highest BCUT2D eigenvalue weighted by Gasteiger charge is 2.22. The quantitative estimate of drug-likeness (QED) is 0.553. The predicted octanol–water partition coefficient (Wildman–Crippen LogP) is 1.77. The molecule has 1 fully saturated rings. The molecule has 0 aromatic carbocycles. The Morgan fingerprint density at radius 1 is 1.40 bits per heavy atom. The van der Waals surface area contributed by atoms with E-state index in [1.54, 1.807) is 0 Å². The molecule has 0 radical (unpaired) electrons. The fraction of sp³-hybridized carbons (Fsp3) is 0.857. The van der Waals surface area contributed by atoms with Gasteiger partial charge < -0.3 is 4.74 Å². The van der Waals surface area contributed by atoms with Crippen LogP contribution in [0, 0.1) is 5.92 Å². The Kier molecular flexibility index (Phi) is 4.45. The number of carbonyl (C=O) groups is 1. The molecular formula is C7H13ClO2. The zero-order chi connectivity index (χ0) is 6.69. The van der Waals surface area contributed by atoms with Crippen molar-refractivity contribution in [3.05, 3.63) is 0 Å². The molecule has 0 saturated heterocycles. The smallest absolute Gasteiger partial charge is 0.308 e. The molecule has 0 spiro atoms. The Morgan fingerprint density at radius 2 is 1.90 bits per heavy atom. The second-order valence-electron chi connectivity index (χ2n) is 2.50. The van der Waals surface area contributed by atoms with Crippen LogP contribution in [0.1, 0.15) is 25.7 Å². The lowest BCUT2D eigenvalue weighted by Crippen LogP contribution is -2.11. The van der Waals surface area contributed by atoms with Gasteiger partial charge in [-0.05, 0) is 12.8 Å². The van der Waals surface area contributed by atoms with Crippen molar-refractivity contribution in [2.45, 2.75) is 25.7 Å². The van der Waals surface area contributed by atoms with Crippen molar-refractivity contribution in [2.24, 2.45) is 5.92 Å². The molecule has 0 heterocycles. The normalized spacial score (nSPS) is 18.1. The van der Waals surface area contributed by atoms with Crippen LogP contribution in [0.3, 0.4) is 0 Å². The summed E-state index contributed by atoms with van der Waals surface area (Å²) in [5.41, 5.74) is 0. The minimum Gasteiger partial charge on any atom is -0.469 e. The molecule has 0 atom stereocenters. The van der Waals surface area contributed by atoms with Gasteiger partial charge in [0.15, 0.2) is 0 Å². The van der Waals surface area contributed by atoms with Crippen LogP contribution in [-0.4, -0.2) is 13.1 Å². The molecule has 2 nitrogen and oxygen atoms in total. The van der Waals surface area contributed by atoms with Crippen molar-refractivity contribution in [3.8, 4) is 0 Å². The molecule has 0 N–H and O–H groups in total. The molecule has 3 heteroatoms. The van der Waals surface area contributed by atoms with Crippen molar-refractivity contribution in [1.29, 1.82) is 0 Å². The molecular weight excluding hydrogens is 152 g/mol. The zero-order valence-electron chi connectivity index (χ0n) is 6.13. The molecule has 0 aliphatic heterocycles. The van der Waals surface area contributed by atoms with Crippen LogP contribution in [-0.2, 0) is 9.53 Å². The van der Waals surface area contributed by atoms with E-state index in [0.29, 0.717) is 0 Å². The molecule has 0 bridgehead atoms. The third-order valence-corrected chi connectivity index (χ3v) is 1.89. The zero-order valence-corrected chi connectivity index (χ0v) is 6.95. The van der Waals surface area contributed by atoms with Gasteiger partial charge in [0, 0.05) is 0 Å². The molecule has 1 rings (SSSR count). The van der Waals surface area contributed by atoms with Gasteiger partial charge in [0.25, 0.3) is 0 Å². The monoisotopic (exact) mass is 164 g/mol. The van der Waals surface area contributed by atoms with Gasteiger partial charge in [-0.3, -0.25) is 4.79 Å². The average molecular weight is 165 g/mol. The van der Waals surface area contributed by atoms with Crippen LogP contribution < -0.4 is 0 Å². The first-order chi connectivity index (χ1) is 4.34. The van der Waals surface area contributed by atoms with E-state index < -0.39 is 0 Å². The summed E-state index contributed by atoms with van der Waals surface area (Å²) in [6.45, 7) is 0. The number of hydrogen-bond acceptors (Lipinski definition) is 2. The molecule has 0 unspecified atom stereocenters. The van der Waals surface area contributed by atoms with Crippen molar-refractivity contribution < 1.29 is 9.53 Å². The van der Waals surface area contributed by atoms with Crippen LogP contribution in [0.15, 0.2) is 0 Å². The van der Waals surface area contributed by atoms with Gasteiger partial charge in [-0.25, -0.2) is 0 Å². The average Bonchev–Trinajstić information content (AvgIpc) is 2.37. The van der Waals surface area contributed by atoms with Crippen LogP contribution in [0.4, 0.5) is 0 Å². The minimum atomic E-state index is -0.0208. The lowest BCUT2D eigenvalue weighted by Gasteiger charge is -2.03. The number of halogens is 1. The molecule has 10 heavy (non-hydrogen) atoms. The number of ether oxygens (including phenoxy) is 1. The van der Waals surface area contributed by atoms with Crippen LogP contribution >= 0.6 is 12.4 Å². The topological polar surface area (TPSA) is 26.3 Å². The van der Waals surface area contributed by atoms with Gasteiger partial charge in [-0.2, -0.15) is 0 Å². The van der Waals surface area contributed by atoms with E-state index in [4.69, 9.17) is 0 Å². The maximum Gasteiger partial charge on any atom is 0.308 e. The summed E-state index contributed by atoms with van der Waals surface area (Å²) in [7, 11) is 1.46. The van der Waals surface area contributed by atoms with Crippen LogP contribution in [0.2, 0.25) is 0 Å². The van der Waals surface area contributed by atoms with Gasteiger partial charge in [-0.1, -0.05) is 12.8 Å². The summed E-state index contributed by atoms with van der Waals surface area (Å²) in [5, 5.41) is 0. The number of rotatable bonds is 1. The SMILES string of the molecule is COC(=O)C1CCCC1.Cl. The van der Waals surface area contributed by atoms with E-state index in [-0.39, 0.29) is 24.3 Å². The van der Waals surface area contributed by atoms with Gasteiger partial charge >= 0.3 is 5.97 Å². The minimum absolute atomic E-state index is 0. The number of methoxy groups -OCH3 is 1. The Bertz CT molecular complexity index is 108. The van der Waals surface area contributed by atoms with Gasteiger partial charge in [-0.15, -0.1) is 12.4 Å². The highest BCUT2D eigenvalue weighted by atomic mass is 35.5. The maximum atomic E-state index is 10.8. The maximum absolute atomic E-state index is 10.8. The summed E-state index contributed by atoms with van der Waals surface area (Å²) in [4.78, 5) is 10.8. The summed E-state index contributed by atoms with van der Waals surface area (Å²) < 4.78 is 4.60. The predicted molar refractivity (Wildman–Crippen MR) is 41.2 cm³/mol. The first-order valence-corrected chi connectivity index (χ1v) is 3.42. The summed E-state index contributed by atoms with van der Waals surface area (Å²) in [6.07, 6.45) is 4.46. The van der Waals surface area contributed by atoms with E-state index in [1.165, 1.54) is 20.0 Å². The first-order valence-electron chi connectivity index (χ1n) is 3.42. The van der Waals surface area contributed by atoms with Gasteiger partial charge in [0.1, 0.15) is 0 Å². The van der Waals surface area contributed by atoms with Gasteiger partial charge in [0.2, 0.25) is 0 Å². The summed E-state index contributed by atoms with van der Waals surface area (Å²) in [6, 6.07) is 0. The third kappa shape index (κ3) is 2.18. The number of hydrogen-bond donors (Lipinski definition) is 0. The molecule has 60 valence electrons. The molecule has 1 aliphatic rings. The second kappa shape index (κ2) is 4.56. The lowest BCUT2D eigenvalue weighted by atomic mass is 10.1. The van der Waals surface area contributed by atoms with Crippen molar-refractivity contribution >= 4 is 18.4 Å². The highest BCUT2D eigenvalue weighted by molar-refractivity contribution is 5.85. The second-order valence-corrected chi connectivity index (χ2v) is 2.50. The molecule has 1 aliphatic carbocycles. The Morgan fingerprint density at radius 3 is 2.30 bits per heavy atom. The van der Waals surface area contributed by atoms with Gasteiger partial charge in [0.05, 0.1) is 13.0 Å². The van der Waals surface area contributed by atoms with Crippen LogP contribution in [0.5, 0.6) is 0 Å². The Labute approximate surface area is 67.4 Å². The number of esters is 1. The fourth-order valence-electron chi connectivity index (χ4n) is 1.33.